The van der Waals surface area contributed by atoms with Crippen molar-refractivity contribution in [2.24, 2.45) is 33.5 Å². The quantitative estimate of drug-likeness (QED) is 0.198. The monoisotopic (exact) mass is 532 g/mol. The van der Waals surface area contributed by atoms with Crippen LogP contribution in [0.3, 0.4) is 0 Å². The first-order valence-corrected chi connectivity index (χ1v) is 13.5. The van der Waals surface area contributed by atoms with Crippen LogP contribution in [0.15, 0.2) is 24.3 Å². The number of rotatable bonds is 12. The van der Waals surface area contributed by atoms with Crippen LogP contribution in [-0.4, -0.2) is 50.3 Å². The summed E-state index contributed by atoms with van der Waals surface area (Å²) in [6.07, 6.45) is 4.14. The van der Waals surface area contributed by atoms with E-state index in [4.69, 9.17) is 18.9 Å². The molecule has 0 aliphatic heterocycles. The van der Waals surface area contributed by atoms with E-state index in [2.05, 4.69) is 27.0 Å². The van der Waals surface area contributed by atoms with E-state index < -0.39 is 22.8 Å². The third kappa shape index (κ3) is 6.49. The number of carbonyl (C=O) groups is 4. The fourth-order valence-corrected chi connectivity index (χ4v) is 7.65. The lowest BCUT2D eigenvalue weighted by Gasteiger charge is -2.67. The fourth-order valence-electron chi connectivity index (χ4n) is 7.65. The van der Waals surface area contributed by atoms with E-state index in [-0.39, 0.29) is 61.0 Å². The first-order chi connectivity index (χ1) is 17.5. The third-order valence-electron chi connectivity index (χ3n) is 8.15. The molecule has 38 heavy (non-hydrogen) atoms. The number of hydrogen-bond acceptors (Lipinski definition) is 8. The lowest BCUT2D eigenvalue weighted by atomic mass is 9.36. The molecule has 8 heteroatoms. The molecule has 4 bridgehead atoms. The summed E-state index contributed by atoms with van der Waals surface area (Å²) in [4.78, 5) is 50.6. The summed E-state index contributed by atoms with van der Waals surface area (Å²) >= 11 is 0. The van der Waals surface area contributed by atoms with Gasteiger partial charge >= 0.3 is 23.9 Å². The minimum absolute atomic E-state index is 0.134. The van der Waals surface area contributed by atoms with Crippen molar-refractivity contribution in [3.8, 4) is 0 Å². The number of esters is 4. The second kappa shape index (κ2) is 10.9. The molecule has 2 atom stereocenters. The Bertz CT molecular complexity index is 918. The Labute approximate surface area is 226 Å². The maximum atomic E-state index is 13.6. The van der Waals surface area contributed by atoms with Gasteiger partial charge in [0.05, 0.1) is 37.3 Å². The second-order valence-corrected chi connectivity index (χ2v) is 13.4. The van der Waals surface area contributed by atoms with Crippen molar-refractivity contribution in [2.75, 3.05) is 26.4 Å². The molecule has 0 aromatic heterocycles. The van der Waals surface area contributed by atoms with Gasteiger partial charge in [-0.1, -0.05) is 40.9 Å². The Kier molecular flexibility index (Phi) is 8.54. The summed E-state index contributed by atoms with van der Waals surface area (Å²) in [7, 11) is 0. The van der Waals surface area contributed by atoms with Gasteiger partial charge in [-0.2, -0.15) is 0 Å². The first-order valence-electron chi connectivity index (χ1n) is 13.5. The summed E-state index contributed by atoms with van der Waals surface area (Å²) in [5, 5.41) is 0. The van der Waals surface area contributed by atoms with Gasteiger partial charge in [0.1, 0.15) is 0 Å². The molecule has 0 spiro atoms. The van der Waals surface area contributed by atoms with Gasteiger partial charge in [-0.25, -0.2) is 9.59 Å². The molecule has 4 aliphatic rings. The minimum Gasteiger partial charge on any atom is -0.465 e. The zero-order valence-electron chi connectivity index (χ0n) is 23.9. The van der Waals surface area contributed by atoms with Crippen LogP contribution in [0.1, 0.15) is 80.1 Å². The highest BCUT2D eigenvalue weighted by Gasteiger charge is 2.70. The SMILES string of the molecule is C=C(C)C(=O)OCC(C)COC(=O)C12CC3(C)CC(C)(C1)CC(C(=O)OCC(C)COC(=O)C(=C)C)(C3)C2. The molecule has 0 amide bonds. The highest BCUT2D eigenvalue weighted by atomic mass is 16.6. The van der Waals surface area contributed by atoms with Gasteiger partial charge in [-0.3, -0.25) is 9.59 Å². The van der Waals surface area contributed by atoms with E-state index in [1.165, 1.54) is 0 Å². The Morgan fingerprint density at radius 2 is 0.921 bits per heavy atom. The van der Waals surface area contributed by atoms with E-state index in [0.29, 0.717) is 43.3 Å². The zero-order chi connectivity index (χ0) is 28.5. The Hall–Kier alpha value is -2.64. The van der Waals surface area contributed by atoms with Crippen LogP contribution in [0.25, 0.3) is 0 Å². The average molecular weight is 533 g/mol. The van der Waals surface area contributed by atoms with Crippen LogP contribution >= 0.6 is 0 Å². The first kappa shape index (κ1) is 29.9. The normalized spacial score (nSPS) is 32.6. The molecular formula is C30H44O8. The molecule has 212 valence electrons. The summed E-state index contributed by atoms with van der Waals surface area (Å²) in [5.74, 6) is -1.81. The average Bonchev–Trinajstić information content (AvgIpc) is 2.80. The van der Waals surface area contributed by atoms with Gasteiger partial charge in [0.25, 0.3) is 0 Å². The largest absolute Gasteiger partial charge is 0.465 e. The summed E-state index contributed by atoms with van der Waals surface area (Å²) < 4.78 is 22.0. The lowest BCUT2D eigenvalue weighted by molar-refractivity contribution is -0.222. The lowest BCUT2D eigenvalue weighted by Crippen LogP contribution is -2.64. The highest BCUT2D eigenvalue weighted by molar-refractivity contribution is 5.87. The van der Waals surface area contributed by atoms with Crippen molar-refractivity contribution in [1.82, 2.24) is 0 Å². The third-order valence-corrected chi connectivity index (χ3v) is 8.15. The predicted octanol–water partition coefficient (Wildman–Crippen LogP) is 4.95. The van der Waals surface area contributed by atoms with Crippen molar-refractivity contribution >= 4 is 23.9 Å². The molecule has 0 aromatic rings. The Morgan fingerprint density at radius 3 is 1.24 bits per heavy atom. The van der Waals surface area contributed by atoms with Crippen molar-refractivity contribution in [3.05, 3.63) is 24.3 Å². The molecule has 0 heterocycles. The Morgan fingerprint density at radius 1 is 0.605 bits per heavy atom. The van der Waals surface area contributed by atoms with Crippen LogP contribution in [0.2, 0.25) is 0 Å². The maximum absolute atomic E-state index is 13.6. The molecule has 0 aromatic carbocycles. The van der Waals surface area contributed by atoms with E-state index in [1.54, 1.807) is 13.8 Å². The van der Waals surface area contributed by atoms with Gasteiger partial charge < -0.3 is 18.9 Å². The summed E-state index contributed by atoms with van der Waals surface area (Å²) in [6, 6.07) is 0. The number of carbonyl (C=O) groups excluding carboxylic acids is 4. The molecule has 0 radical (unpaired) electrons. The van der Waals surface area contributed by atoms with Crippen molar-refractivity contribution in [1.29, 1.82) is 0 Å². The zero-order valence-corrected chi connectivity index (χ0v) is 23.9. The second-order valence-electron chi connectivity index (χ2n) is 13.4. The Balaban J connectivity index is 1.66. The molecule has 4 fully saturated rings. The maximum Gasteiger partial charge on any atom is 0.333 e. The van der Waals surface area contributed by atoms with Crippen LogP contribution in [0.4, 0.5) is 0 Å². The van der Waals surface area contributed by atoms with Crippen molar-refractivity contribution in [2.45, 2.75) is 80.1 Å². The van der Waals surface area contributed by atoms with Crippen molar-refractivity contribution < 1.29 is 38.1 Å². The van der Waals surface area contributed by atoms with E-state index >= 15 is 0 Å². The number of hydrogen-bond donors (Lipinski definition) is 0. The molecule has 2 unspecified atom stereocenters. The number of ether oxygens (including phenoxy) is 4. The van der Waals surface area contributed by atoms with Crippen molar-refractivity contribution in [3.63, 3.8) is 0 Å². The van der Waals surface area contributed by atoms with Gasteiger partial charge in [0, 0.05) is 23.0 Å². The molecule has 8 nitrogen and oxygen atoms in total. The van der Waals surface area contributed by atoms with Crippen LogP contribution < -0.4 is 0 Å². The van der Waals surface area contributed by atoms with Gasteiger partial charge in [-0.05, 0) is 63.2 Å². The highest BCUT2D eigenvalue weighted by Crippen LogP contribution is 2.74. The molecular weight excluding hydrogens is 488 g/mol. The van der Waals surface area contributed by atoms with E-state index in [9.17, 15) is 19.2 Å². The van der Waals surface area contributed by atoms with Gasteiger partial charge in [0.15, 0.2) is 0 Å². The predicted molar refractivity (Wildman–Crippen MR) is 141 cm³/mol. The van der Waals surface area contributed by atoms with Gasteiger partial charge in [0.2, 0.25) is 0 Å². The van der Waals surface area contributed by atoms with Crippen LogP contribution in [-0.2, 0) is 38.1 Å². The van der Waals surface area contributed by atoms with Gasteiger partial charge in [-0.15, -0.1) is 0 Å². The topological polar surface area (TPSA) is 105 Å². The van der Waals surface area contributed by atoms with E-state index in [1.807, 2.05) is 13.8 Å². The molecule has 4 aliphatic carbocycles. The molecule has 4 rings (SSSR count). The molecule has 4 saturated carbocycles. The van der Waals surface area contributed by atoms with Crippen LogP contribution in [0, 0.1) is 33.5 Å². The summed E-state index contributed by atoms with van der Waals surface area (Å²) in [5.41, 5.74) is -1.16. The summed E-state index contributed by atoms with van der Waals surface area (Å²) in [6.45, 7) is 18.9. The molecule has 0 saturated heterocycles. The fraction of sp³-hybridized carbons (Fsp3) is 0.733. The smallest absolute Gasteiger partial charge is 0.333 e. The molecule has 0 N–H and O–H groups in total. The minimum atomic E-state index is -0.742. The standard InChI is InChI=1S/C30H44O8/c1-19(2)23(31)35-9-21(5)11-37-25(33)29-14-27(7)13-28(8,15-29)17-30(16-27,18-29)26(34)38-12-22(6)10-36-24(32)20(3)4/h21-22H,1,3,9-18H2,2,4-8H3. The van der Waals surface area contributed by atoms with Crippen LogP contribution in [0.5, 0.6) is 0 Å². The van der Waals surface area contributed by atoms with E-state index in [0.717, 1.165) is 6.42 Å².